The molecule has 11 heteroatoms. The summed E-state index contributed by atoms with van der Waals surface area (Å²) < 4.78 is 16.4. The largest absolute Gasteiger partial charge is 0.496 e. The zero-order chi connectivity index (χ0) is 35.5. The minimum absolute atomic E-state index is 0.0363. The monoisotopic (exact) mass is 707 g/mol. The Morgan fingerprint density at radius 3 is 1.86 bits per heavy atom. The van der Waals surface area contributed by atoms with Crippen LogP contribution in [0.1, 0.15) is 26.7 Å². The Balaban J connectivity index is 1.38. The van der Waals surface area contributed by atoms with Crippen molar-refractivity contribution in [3.63, 3.8) is 0 Å². The maximum atomic E-state index is 13.7. The van der Waals surface area contributed by atoms with Crippen molar-refractivity contribution in [2.45, 2.75) is 10.1 Å². The number of carbonyl (C=O) groups is 3. The fraction of sp³-hybridized carbons (Fsp3) is 0.103. The first-order valence-electron chi connectivity index (χ1n) is 15.4. The highest BCUT2D eigenvalue weighted by molar-refractivity contribution is 8.00. The molecule has 9 nitrogen and oxygen atoms in total. The SMILES string of the molecule is COc1cc(OC)c(OC)cc1/C=C(\NC(=O)c1ccccc1)C(=O)Nc1ccc(SC(C(=O)Nc2ccc(Cl)cc2)c2ccccc2)cc1. The van der Waals surface area contributed by atoms with E-state index in [0.29, 0.717) is 44.8 Å². The lowest BCUT2D eigenvalue weighted by Gasteiger charge is -2.18. The maximum absolute atomic E-state index is 13.7. The molecule has 0 heterocycles. The second kappa shape index (κ2) is 17.1. The van der Waals surface area contributed by atoms with Gasteiger partial charge in [0.15, 0.2) is 11.5 Å². The van der Waals surface area contributed by atoms with Crippen molar-refractivity contribution >= 4 is 58.5 Å². The number of amides is 3. The number of halogens is 1. The number of nitrogens with one attached hydrogen (secondary N) is 3. The van der Waals surface area contributed by atoms with Crippen LogP contribution in [0.3, 0.4) is 0 Å². The van der Waals surface area contributed by atoms with E-state index in [2.05, 4.69) is 16.0 Å². The minimum Gasteiger partial charge on any atom is -0.496 e. The summed E-state index contributed by atoms with van der Waals surface area (Å²) in [6, 6.07) is 35.3. The topological polar surface area (TPSA) is 115 Å². The van der Waals surface area contributed by atoms with Crippen LogP contribution in [0.25, 0.3) is 6.08 Å². The number of carbonyl (C=O) groups excluding carboxylic acids is 3. The van der Waals surface area contributed by atoms with Crippen LogP contribution in [0.5, 0.6) is 17.2 Å². The molecule has 5 aromatic carbocycles. The Bertz CT molecular complexity index is 1970. The van der Waals surface area contributed by atoms with Crippen LogP contribution in [0.4, 0.5) is 11.4 Å². The molecule has 0 saturated carbocycles. The highest BCUT2D eigenvalue weighted by Gasteiger charge is 2.23. The van der Waals surface area contributed by atoms with Gasteiger partial charge in [-0.15, -0.1) is 11.8 Å². The van der Waals surface area contributed by atoms with Crippen LogP contribution >= 0.6 is 23.4 Å². The molecule has 254 valence electrons. The minimum atomic E-state index is -0.573. The summed E-state index contributed by atoms with van der Waals surface area (Å²) in [7, 11) is 4.50. The van der Waals surface area contributed by atoms with Crippen LogP contribution in [-0.2, 0) is 9.59 Å². The second-order valence-electron chi connectivity index (χ2n) is 10.7. The van der Waals surface area contributed by atoms with Crippen LogP contribution in [0.2, 0.25) is 5.02 Å². The molecule has 0 saturated heterocycles. The molecule has 0 spiro atoms. The smallest absolute Gasteiger partial charge is 0.272 e. The lowest BCUT2D eigenvalue weighted by Crippen LogP contribution is -2.30. The van der Waals surface area contributed by atoms with Crippen molar-refractivity contribution in [1.82, 2.24) is 5.32 Å². The second-order valence-corrected chi connectivity index (χ2v) is 12.3. The number of anilines is 2. The van der Waals surface area contributed by atoms with Crippen molar-refractivity contribution in [3.05, 3.63) is 149 Å². The van der Waals surface area contributed by atoms with E-state index in [1.54, 1.807) is 78.9 Å². The highest BCUT2D eigenvalue weighted by Crippen LogP contribution is 2.38. The molecule has 0 radical (unpaired) electrons. The van der Waals surface area contributed by atoms with Crippen molar-refractivity contribution < 1.29 is 28.6 Å². The van der Waals surface area contributed by atoms with E-state index in [4.69, 9.17) is 25.8 Å². The van der Waals surface area contributed by atoms with E-state index in [1.165, 1.54) is 39.2 Å². The van der Waals surface area contributed by atoms with Gasteiger partial charge in [-0.3, -0.25) is 14.4 Å². The average molecular weight is 708 g/mol. The molecule has 50 heavy (non-hydrogen) atoms. The van der Waals surface area contributed by atoms with Gasteiger partial charge in [0.1, 0.15) is 16.7 Å². The molecule has 3 amide bonds. The van der Waals surface area contributed by atoms with Crippen molar-refractivity contribution in [1.29, 1.82) is 0 Å². The summed E-state index contributed by atoms with van der Waals surface area (Å²) in [6.45, 7) is 0. The molecular weight excluding hydrogens is 674 g/mol. The van der Waals surface area contributed by atoms with Crippen molar-refractivity contribution in [2.75, 3.05) is 32.0 Å². The van der Waals surface area contributed by atoms with Gasteiger partial charge in [-0.05, 0) is 78.4 Å². The summed E-state index contributed by atoms with van der Waals surface area (Å²) in [5, 5.41) is 8.58. The Morgan fingerprint density at radius 2 is 1.24 bits per heavy atom. The number of thioether (sulfide) groups is 1. The predicted molar refractivity (Wildman–Crippen MR) is 198 cm³/mol. The van der Waals surface area contributed by atoms with Gasteiger partial charge < -0.3 is 30.2 Å². The van der Waals surface area contributed by atoms with Gasteiger partial charge in [-0.2, -0.15) is 0 Å². The summed E-state index contributed by atoms with van der Waals surface area (Å²) >= 11 is 7.38. The zero-order valence-corrected chi connectivity index (χ0v) is 29.0. The highest BCUT2D eigenvalue weighted by atomic mass is 35.5. The van der Waals surface area contributed by atoms with Gasteiger partial charge in [0, 0.05) is 38.5 Å². The van der Waals surface area contributed by atoms with E-state index in [0.717, 1.165) is 10.5 Å². The number of ether oxygens (including phenoxy) is 3. The van der Waals surface area contributed by atoms with E-state index >= 15 is 0 Å². The lowest BCUT2D eigenvalue weighted by atomic mass is 10.1. The summed E-state index contributed by atoms with van der Waals surface area (Å²) in [6.07, 6.45) is 1.50. The van der Waals surface area contributed by atoms with Gasteiger partial charge in [-0.25, -0.2) is 0 Å². The first-order valence-corrected chi connectivity index (χ1v) is 16.6. The molecule has 1 unspecified atom stereocenters. The zero-order valence-electron chi connectivity index (χ0n) is 27.4. The third-order valence-electron chi connectivity index (χ3n) is 7.38. The summed E-state index contributed by atoms with van der Waals surface area (Å²) in [5.74, 6) is 0.0121. The normalized spacial score (nSPS) is 11.6. The van der Waals surface area contributed by atoms with E-state index in [1.807, 2.05) is 42.5 Å². The molecule has 0 aliphatic carbocycles. The van der Waals surface area contributed by atoms with E-state index < -0.39 is 17.1 Å². The first kappa shape index (κ1) is 35.6. The van der Waals surface area contributed by atoms with Gasteiger partial charge in [-0.1, -0.05) is 60.1 Å². The van der Waals surface area contributed by atoms with Crippen LogP contribution < -0.4 is 30.2 Å². The third kappa shape index (κ3) is 9.25. The Hall–Kier alpha value is -5.71. The molecule has 0 fully saturated rings. The quantitative estimate of drug-likeness (QED) is 0.0834. The van der Waals surface area contributed by atoms with E-state index in [9.17, 15) is 14.4 Å². The molecule has 5 rings (SSSR count). The maximum Gasteiger partial charge on any atom is 0.272 e. The van der Waals surface area contributed by atoms with Crippen molar-refractivity contribution in [3.8, 4) is 17.2 Å². The fourth-order valence-corrected chi connectivity index (χ4v) is 6.01. The Kier molecular flexibility index (Phi) is 12.2. The average Bonchev–Trinajstić information content (AvgIpc) is 3.15. The van der Waals surface area contributed by atoms with Crippen LogP contribution in [0.15, 0.2) is 132 Å². The molecule has 0 aromatic heterocycles. The number of hydrogen-bond donors (Lipinski definition) is 3. The van der Waals surface area contributed by atoms with Crippen molar-refractivity contribution in [2.24, 2.45) is 0 Å². The summed E-state index contributed by atoms with van der Waals surface area (Å²) in [4.78, 5) is 41.2. The molecule has 0 aliphatic rings. The van der Waals surface area contributed by atoms with Crippen LogP contribution in [-0.4, -0.2) is 39.1 Å². The standard InChI is InChI=1S/C39H34ClN3O6S/c1-47-33-24-35(49-3)34(48-2)23-27(33)22-32(43-37(44)26-12-8-5-9-13-26)38(45)41-30-18-20-31(21-19-30)50-36(25-10-6-4-7-11-25)39(46)42-29-16-14-28(40)15-17-29/h4-24,36H,1-3H3,(H,41,45)(H,42,46)(H,43,44)/b32-22-. The fourth-order valence-electron chi connectivity index (χ4n) is 4.86. The van der Waals surface area contributed by atoms with Gasteiger partial charge in [0.2, 0.25) is 5.91 Å². The molecule has 0 bridgehead atoms. The molecule has 5 aromatic rings. The molecule has 3 N–H and O–H groups in total. The number of methoxy groups -OCH3 is 3. The van der Waals surface area contributed by atoms with Gasteiger partial charge in [0.25, 0.3) is 11.8 Å². The lowest BCUT2D eigenvalue weighted by molar-refractivity contribution is -0.116. The predicted octanol–water partition coefficient (Wildman–Crippen LogP) is 8.25. The Labute approximate surface area is 299 Å². The number of benzene rings is 5. The van der Waals surface area contributed by atoms with E-state index in [-0.39, 0.29) is 11.6 Å². The van der Waals surface area contributed by atoms with Gasteiger partial charge in [0.05, 0.1) is 21.3 Å². The summed E-state index contributed by atoms with van der Waals surface area (Å²) in [5.41, 5.74) is 2.74. The first-order chi connectivity index (χ1) is 24.3. The van der Waals surface area contributed by atoms with Crippen LogP contribution in [0, 0.1) is 0 Å². The molecule has 0 aliphatic heterocycles. The molecule has 1 atom stereocenters. The van der Waals surface area contributed by atoms with Gasteiger partial charge >= 0.3 is 0 Å². The Morgan fingerprint density at radius 1 is 0.680 bits per heavy atom. The number of hydrogen-bond acceptors (Lipinski definition) is 7. The number of rotatable bonds is 13. The third-order valence-corrected chi connectivity index (χ3v) is 8.90. The molecular formula is C39H34ClN3O6S.